The molecular weight excluding hydrogens is 837 g/mol. The summed E-state index contributed by atoms with van der Waals surface area (Å²) < 4.78 is 8.83. The van der Waals surface area contributed by atoms with Gasteiger partial charge in [0, 0.05) is 44.2 Å². The number of aromatic nitrogens is 1. The molecule has 2 aromatic heterocycles. The molecule has 0 amide bonds. The van der Waals surface area contributed by atoms with Crippen LogP contribution in [0.4, 0.5) is 17.1 Å². The average molecular weight is 879 g/mol. The van der Waals surface area contributed by atoms with E-state index in [2.05, 4.69) is 258 Å². The lowest BCUT2D eigenvalue weighted by molar-refractivity contribution is 0.669. The second-order valence-electron chi connectivity index (χ2n) is 18.0. The topological polar surface area (TPSA) is 21.3 Å². The molecule has 0 atom stereocenters. The summed E-state index contributed by atoms with van der Waals surface area (Å²) in [5.74, 6) is 0. The highest BCUT2D eigenvalue weighted by Crippen LogP contribution is 2.47. The lowest BCUT2D eigenvalue weighted by atomic mass is 9.93. The Kier molecular flexibility index (Phi) is 8.90. The van der Waals surface area contributed by atoms with Crippen molar-refractivity contribution < 1.29 is 4.42 Å². The number of hydrogen-bond acceptors (Lipinski definition) is 2. The molecule has 69 heavy (non-hydrogen) atoms. The van der Waals surface area contributed by atoms with Crippen LogP contribution in [0.25, 0.3) is 115 Å². The highest BCUT2D eigenvalue weighted by atomic mass is 16.3. The molecule has 2 heterocycles. The number of anilines is 3. The van der Waals surface area contributed by atoms with Crippen molar-refractivity contribution in [2.75, 3.05) is 4.90 Å². The van der Waals surface area contributed by atoms with Crippen molar-refractivity contribution in [1.82, 2.24) is 4.57 Å². The first-order valence-corrected chi connectivity index (χ1v) is 23.7. The third-order valence-electron chi connectivity index (χ3n) is 14.2. The molecule has 0 N–H and O–H groups in total. The molecule has 0 radical (unpaired) electrons. The summed E-state index contributed by atoms with van der Waals surface area (Å²) in [4.78, 5) is 2.43. The van der Waals surface area contributed by atoms with E-state index in [1.807, 2.05) is 6.07 Å². The van der Waals surface area contributed by atoms with Crippen LogP contribution < -0.4 is 4.90 Å². The molecule has 3 nitrogen and oxygen atoms in total. The zero-order valence-corrected chi connectivity index (χ0v) is 37.6. The zero-order valence-electron chi connectivity index (χ0n) is 37.6. The van der Waals surface area contributed by atoms with Gasteiger partial charge in [-0.2, -0.15) is 0 Å². The second kappa shape index (κ2) is 15.7. The Morgan fingerprint density at radius 3 is 1.49 bits per heavy atom. The molecule has 14 rings (SSSR count). The minimum absolute atomic E-state index is 0.879. The quantitative estimate of drug-likeness (QED) is 0.149. The minimum atomic E-state index is 0.879. The van der Waals surface area contributed by atoms with Crippen LogP contribution in [0.5, 0.6) is 0 Å². The summed E-state index contributed by atoms with van der Waals surface area (Å²) in [6.45, 7) is 0. The van der Waals surface area contributed by atoms with Crippen LogP contribution in [0.15, 0.2) is 259 Å². The number of para-hydroxylation sites is 4. The Morgan fingerprint density at radius 2 is 0.783 bits per heavy atom. The van der Waals surface area contributed by atoms with Crippen LogP contribution in [0.2, 0.25) is 0 Å². The molecule has 14 aromatic rings. The number of benzene rings is 12. The first-order chi connectivity index (χ1) is 34.2. The monoisotopic (exact) mass is 878 g/mol. The molecule has 0 aliphatic heterocycles. The smallest absolute Gasteiger partial charge is 0.136 e. The van der Waals surface area contributed by atoms with Gasteiger partial charge in [0.1, 0.15) is 11.2 Å². The van der Waals surface area contributed by atoms with Crippen molar-refractivity contribution in [1.29, 1.82) is 0 Å². The third kappa shape index (κ3) is 6.29. The normalized spacial score (nSPS) is 11.8. The maximum atomic E-state index is 6.44. The van der Waals surface area contributed by atoms with Crippen LogP contribution >= 0.6 is 0 Å². The predicted molar refractivity (Wildman–Crippen MR) is 292 cm³/mol. The third-order valence-corrected chi connectivity index (χ3v) is 14.2. The van der Waals surface area contributed by atoms with Gasteiger partial charge in [-0.05, 0) is 133 Å². The molecule has 0 bridgehead atoms. The summed E-state index contributed by atoms with van der Waals surface area (Å²) in [5.41, 5.74) is 15.5. The fourth-order valence-corrected chi connectivity index (χ4v) is 11.1. The van der Waals surface area contributed by atoms with Crippen molar-refractivity contribution in [3.63, 3.8) is 0 Å². The van der Waals surface area contributed by atoms with Gasteiger partial charge < -0.3 is 13.9 Å². The lowest BCUT2D eigenvalue weighted by Crippen LogP contribution is -2.11. The van der Waals surface area contributed by atoms with Crippen LogP contribution in [0, 0.1) is 0 Å². The Balaban J connectivity index is 0.909. The van der Waals surface area contributed by atoms with Gasteiger partial charge >= 0.3 is 0 Å². The first-order valence-electron chi connectivity index (χ1n) is 23.7. The molecule has 0 aliphatic carbocycles. The zero-order chi connectivity index (χ0) is 45.4. The van der Waals surface area contributed by atoms with Crippen LogP contribution in [-0.2, 0) is 0 Å². The largest absolute Gasteiger partial charge is 0.456 e. The summed E-state index contributed by atoms with van der Waals surface area (Å²) in [5, 5.41) is 12.2. The number of furan rings is 1. The standard InChI is InChI=1S/C66H42N2O/c1-2-22-52-50(20-1)51-21-3-4-23-53(51)60-42-49(38-39-54(52)60)67(61-29-9-7-26-57(61)58-28-15-33-65-66(58)59-27-8-12-32-64(59)69-65)47-36-34-43(35-37-47)44-16-13-17-45(40-44)46-18-14-19-48(41-46)68-62-30-10-5-24-55(62)56-25-6-11-31-63(56)68/h1-42H. The molecule has 322 valence electrons. The lowest BCUT2D eigenvalue weighted by Gasteiger charge is -2.29. The number of fused-ring (bicyclic) bond motifs is 12. The molecule has 3 heteroatoms. The molecular formula is C66H42N2O. The van der Waals surface area contributed by atoms with Crippen molar-refractivity contribution in [3.8, 4) is 39.1 Å². The van der Waals surface area contributed by atoms with E-state index < -0.39 is 0 Å². The van der Waals surface area contributed by atoms with Crippen LogP contribution in [0.1, 0.15) is 0 Å². The maximum absolute atomic E-state index is 6.44. The predicted octanol–water partition coefficient (Wildman–Crippen LogP) is 18.6. The fourth-order valence-electron chi connectivity index (χ4n) is 11.1. The van der Waals surface area contributed by atoms with Crippen molar-refractivity contribution in [3.05, 3.63) is 255 Å². The minimum Gasteiger partial charge on any atom is -0.456 e. The van der Waals surface area contributed by atoms with Gasteiger partial charge in [0.25, 0.3) is 0 Å². The van der Waals surface area contributed by atoms with Gasteiger partial charge in [0.2, 0.25) is 0 Å². The number of hydrogen-bond donors (Lipinski definition) is 0. The second-order valence-corrected chi connectivity index (χ2v) is 18.0. The van der Waals surface area contributed by atoms with Gasteiger partial charge in [-0.25, -0.2) is 0 Å². The van der Waals surface area contributed by atoms with E-state index in [9.17, 15) is 0 Å². The Labute approximate surface area is 399 Å². The Hall–Kier alpha value is -9.18. The van der Waals surface area contributed by atoms with Gasteiger partial charge in [0.15, 0.2) is 0 Å². The fraction of sp³-hybridized carbons (Fsp3) is 0. The van der Waals surface area contributed by atoms with E-state index in [1.54, 1.807) is 0 Å². The van der Waals surface area contributed by atoms with E-state index in [0.29, 0.717) is 0 Å². The molecule has 0 spiro atoms. The van der Waals surface area contributed by atoms with Crippen molar-refractivity contribution >= 4 is 93.1 Å². The first kappa shape index (κ1) is 39.0. The number of rotatable bonds is 7. The van der Waals surface area contributed by atoms with Crippen LogP contribution in [-0.4, -0.2) is 4.57 Å². The van der Waals surface area contributed by atoms with Gasteiger partial charge in [-0.3, -0.25) is 0 Å². The van der Waals surface area contributed by atoms with Crippen LogP contribution in [0.3, 0.4) is 0 Å². The highest BCUT2D eigenvalue weighted by molar-refractivity contribution is 6.26. The van der Waals surface area contributed by atoms with Gasteiger partial charge in [-0.15, -0.1) is 0 Å². The highest BCUT2D eigenvalue weighted by Gasteiger charge is 2.22. The average Bonchev–Trinajstić information content (AvgIpc) is 3.98. The summed E-state index contributed by atoms with van der Waals surface area (Å²) in [6.07, 6.45) is 0. The van der Waals surface area contributed by atoms with Crippen molar-refractivity contribution in [2.45, 2.75) is 0 Å². The Bertz CT molecular complexity index is 4240. The van der Waals surface area contributed by atoms with Crippen molar-refractivity contribution in [2.24, 2.45) is 0 Å². The summed E-state index contributed by atoms with van der Waals surface area (Å²) in [7, 11) is 0. The maximum Gasteiger partial charge on any atom is 0.136 e. The molecule has 0 saturated carbocycles. The van der Waals surface area contributed by atoms with E-state index in [0.717, 1.165) is 66.9 Å². The molecule has 0 aliphatic rings. The summed E-state index contributed by atoms with van der Waals surface area (Å²) in [6, 6.07) is 92.5. The van der Waals surface area contributed by atoms with E-state index >= 15 is 0 Å². The molecule has 12 aromatic carbocycles. The molecule has 0 saturated heterocycles. The van der Waals surface area contributed by atoms with E-state index in [4.69, 9.17) is 4.42 Å². The molecule has 0 fully saturated rings. The molecule has 0 unspecified atom stereocenters. The SMILES string of the molecule is c1cc(-c2ccc(N(c3ccc4c5ccccc5c5ccccc5c4c3)c3ccccc3-c3cccc4oc5ccccc5c34)cc2)cc(-c2cccc(-n3c4ccccc4c4ccccc43)c2)c1. The summed E-state index contributed by atoms with van der Waals surface area (Å²) >= 11 is 0. The van der Waals surface area contributed by atoms with E-state index in [-0.39, 0.29) is 0 Å². The Morgan fingerprint density at radius 1 is 0.290 bits per heavy atom. The van der Waals surface area contributed by atoms with Gasteiger partial charge in [0.05, 0.1) is 16.7 Å². The number of nitrogens with zero attached hydrogens (tertiary/aromatic N) is 2. The van der Waals surface area contributed by atoms with E-state index in [1.165, 1.54) is 65.3 Å². The van der Waals surface area contributed by atoms with Gasteiger partial charge in [-0.1, -0.05) is 182 Å².